The molecule has 3 N–H and O–H groups in total. The Morgan fingerprint density at radius 2 is 2.16 bits per heavy atom. The molecule has 0 aliphatic heterocycles. The topological polar surface area (TPSA) is 38.0 Å². The highest BCUT2D eigenvalue weighted by molar-refractivity contribution is 7.80. The quantitative estimate of drug-likeness (QED) is 0.832. The summed E-state index contributed by atoms with van der Waals surface area (Å²) < 4.78 is 38.0. The van der Waals surface area contributed by atoms with E-state index in [1.807, 2.05) is 0 Å². The monoisotopic (exact) mass is 288 g/mol. The summed E-state index contributed by atoms with van der Waals surface area (Å²) in [4.78, 5) is -0.0256. The average Bonchev–Trinajstić information content (AvgIpc) is 3.06. The molecule has 1 aliphatic carbocycles. The molecule has 2 unspecified atom stereocenters. The van der Waals surface area contributed by atoms with Crippen molar-refractivity contribution in [3.05, 3.63) is 29.3 Å². The van der Waals surface area contributed by atoms with Crippen LogP contribution in [0, 0.1) is 5.92 Å². The van der Waals surface area contributed by atoms with Gasteiger partial charge in [-0.05, 0) is 30.5 Å². The van der Waals surface area contributed by atoms with Crippen molar-refractivity contribution >= 4 is 22.9 Å². The summed E-state index contributed by atoms with van der Waals surface area (Å²) in [6, 6.07) is 3.78. The third-order valence-corrected chi connectivity index (χ3v) is 3.62. The number of hydrogen-bond donors (Lipinski definition) is 2. The van der Waals surface area contributed by atoms with Crippen LogP contribution in [0.1, 0.15) is 30.9 Å². The zero-order chi connectivity index (χ0) is 14.2. The molecule has 6 heteroatoms. The molecule has 1 aliphatic rings. The second kappa shape index (κ2) is 5.00. The normalized spacial score (nSPS) is 22.1. The minimum absolute atomic E-state index is 0.0256. The molecular formula is C13H15F3N2S. The van der Waals surface area contributed by atoms with Crippen LogP contribution >= 0.6 is 12.2 Å². The molecule has 1 aromatic rings. The molecule has 2 rings (SSSR count). The highest BCUT2D eigenvalue weighted by Crippen LogP contribution is 2.38. The Labute approximate surface area is 115 Å². The summed E-state index contributed by atoms with van der Waals surface area (Å²) >= 11 is 4.83. The SMILES string of the molecule is CCC1CC1Nc1ccc(C(F)(F)F)cc1C(N)=S. The van der Waals surface area contributed by atoms with Gasteiger partial charge >= 0.3 is 6.18 Å². The number of hydrogen-bond acceptors (Lipinski definition) is 2. The molecule has 0 heterocycles. The molecule has 19 heavy (non-hydrogen) atoms. The minimum atomic E-state index is -4.39. The second-order valence-electron chi connectivity index (χ2n) is 4.78. The van der Waals surface area contributed by atoms with E-state index in [4.69, 9.17) is 18.0 Å². The van der Waals surface area contributed by atoms with E-state index >= 15 is 0 Å². The molecule has 2 nitrogen and oxygen atoms in total. The predicted octanol–water partition coefficient (Wildman–Crippen LogP) is 3.55. The van der Waals surface area contributed by atoms with Gasteiger partial charge in [0.1, 0.15) is 4.99 Å². The van der Waals surface area contributed by atoms with E-state index in [1.165, 1.54) is 6.07 Å². The van der Waals surface area contributed by atoms with E-state index in [-0.39, 0.29) is 10.6 Å². The summed E-state index contributed by atoms with van der Waals surface area (Å²) in [5.41, 5.74) is 5.62. The number of nitrogens with one attached hydrogen (secondary N) is 1. The summed E-state index contributed by atoms with van der Waals surface area (Å²) in [5.74, 6) is 0.585. The third-order valence-electron chi connectivity index (χ3n) is 3.40. The zero-order valence-corrected chi connectivity index (χ0v) is 11.2. The Morgan fingerprint density at radius 3 is 2.63 bits per heavy atom. The van der Waals surface area contributed by atoms with Gasteiger partial charge in [0, 0.05) is 17.3 Å². The number of alkyl halides is 3. The van der Waals surface area contributed by atoms with Gasteiger partial charge in [-0.3, -0.25) is 0 Å². The lowest BCUT2D eigenvalue weighted by molar-refractivity contribution is -0.137. The van der Waals surface area contributed by atoms with Crippen LogP contribution in [0.5, 0.6) is 0 Å². The van der Waals surface area contributed by atoms with Gasteiger partial charge in [0.2, 0.25) is 0 Å². The zero-order valence-electron chi connectivity index (χ0n) is 10.4. The maximum atomic E-state index is 12.7. The fourth-order valence-corrected chi connectivity index (χ4v) is 2.29. The van der Waals surface area contributed by atoms with Gasteiger partial charge in [0.15, 0.2) is 0 Å². The van der Waals surface area contributed by atoms with E-state index in [0.717, 1.165) is 25.0 Å². The van der Waals surface area contributed by atoms with Crippen molar-refractivity contribution in [3.8, 4) is 0 Å². The Bertz CT molecular complexity index is 499. The minimum Gasteiger partial charge on any atom is -0.389 e. The predicted molar refractivity (Wildman–Crippen MR) is 73.1 cm³/mol. The van der Waals surface area contributed by atoms with Crippen molar-refractivity contribution in [2.24, 2.45) is 11.7 Å². The first kappa shape index (κ1) is 14.1. The number of benzene rings is 1. The van der Waals surface area contributed by atoms with Crippen LogP contribution in [0.4, 0.5) is 18.9 Å². The first-order valence-corrected chi connectivity index (χ1v) is 6.51. The van der Waals surface area contributed by atoms with Gasteiger partial charge in [0.25, 0.3) is 0 Å². The smallest absolute Gasteiger partial charge is 0.389 e. The van der Waals surface area contributed by atoms with E-state index in [1.54, 1.807) is 0 Å². The van der Waals surface area contributed by atoms with Crippen LogP contribution in [0.3, 0.4) is 0 Å². The molecule has 0 radical (unpaired) electrons. The highest BCUT2D eigenvalue weighted by Gasteiger charge is 2.36. The third kappa shape index (κ3) is 3.18. The first-order valence-electron chi connectivity index (χ1n) is 6.10. The van der Waals surface area contributed by atoms with Gasteiger partial charge in [-0.25, -0.2) is 0 Å². The Morgan fingerprint density at radius 1 is 1.47 bits per heavy atom. The molecule has 0 spiro atoms. The van der Waals surface area contributed by atoms with Crippen LogP contribution in [0.2, 0.25) is 0 Å². The summed E-state index contributed by atoms with van der Waals surface area (Å²) in [5, 5.41) is 3.21. The number of anilines is 1. The standard InChI is InChI=1S/C13H15F3N2S/c1-2-7-5-11(7)18-10-4-3-8(13(14,15)16)6-9(10)12(17)19/h3-4,6-7,11,18H,2,5H2,1H3,(H2,17,19). The van der Waals surface area contributed by atoms with Crippen molar-refractivity contribution in [2.45, 2.75) is 32.0 Å². The van der Waals surface area contributed by atoms with Gasteiger partial charge in [0.05, 0.1) is 5.56 Å². The lowest BCUT2D eigenvalue weighted by Gasteiger charge is -2.14. The number of thiocarbonyl (C=S) groups is 1. The van der Waals surface area contributed by atoms with Crippen LogP contribution in [-0.4, -0.2) is 11.0 Å². The van der Waals surface area contributed by atoms with Crippen LogP contribution in [0.25, 0.3) is 0 Å². The largest absolute Gasteiger partial charge is 0.416 e. The number of nitrogens with two attached hydrogens (primary N) is 1. The number of halogens is 3. The van der Waals surface area contributed by atoms with Gasteiger partial charge in [-0.2, -0.15) is 13.2 Å². The fourth-order valence-electron chi connectivity index (χ4n) is 2.13. The molecule has 0 bridgehead atoms. The fraction of sp³-hybridized carbons (Fsp3) is 0.462. The molecule has 0 amide bonds. The Hall–Kier alpha value is -1.30. The summed E-state index contributed by atoms with van der Waals surface area (Å²) in [7, 11) is 0. The molecule has 0 saturated heterocycles. The molecule has 2 atom stereocenters. The van der Waals surface area contributed by atoms with E-state index in [2.05, 4.69) is 12.2 Å². The van der Waals surface area contributed by atoms with Crippen molar-refractivity contribution in [1.29, 1.82) is 0 Å². The van der Waals surface area contributed by atoms with Crippen LogP contribution in [0.15, 0.2) is 18.2 Å². The van der Waals surface area contributed by atoms with Crippen molar-refractivity contribution < 1.29 is 13.2 Å². The average molecular weight is 288 g/mol. The Kier molecular flexibility index (Phi) is 3.71. The summed E-state index contributed by atoms with van der Waals surface area (Å²) in [6.45, 7) is 2.09. The van der Waals surface area contributed by atoms with Crippen molar-refractivity contribution in [3.63, 3.8) is 0 Å². The summed E-state index contributed by atoms with van der Waals surface area (Å²) in [6.07, 6.45) is -2.29. The van der Waals surface area contributed by atoms with E-state index in [9.17, 15) is 13.2 Å². The number of rotatable bonds is 4. The lowest BCUT2D eigenvalue weighted by atomic mass is 10.1. The molecule has 104 valence electrons. The molecule has 0 aromatic heterocycles. The van der Waals surface area contributed by atoms with Gasteiger partial charge < -0.3 is 11.1 Å². The molecule has 1 saturated carbocycles. The van der Waals surface area contributed by atoms with Gasteiger partial charge in [-0.15, -0.1) is 0 Å². The molecule has 1 aromatic carbocycles. The Balaban J connectivity index is 2.26. The van der Waals surface area contributed by atoms with Crippen LogP contribution < -0.4 is 11.1 Å². The highest BCUT2D eigenvalue weighted by atomic mass is 32.1. The van der Waals surface area contributed by atoms with Crippen molar-refractivity contribution in [2.75, 3.05) is 5.32 Å². The molecule has 1 fully saturated rings. The van der Waals surface area contributed by atoms with Gasteiger partial charge in [-0.1, -0.05) is 25.6 Å². The van der Waals surface area contributed by atoms with Crippen molar-refractivity contribution in [1.82, 2.24) is 0 Å². The molecular weight excluding hydrogens is 273 g/mol. The first-order chi connectivity index (χ1) is 8.82. The van der Waals surface area contributed by atoms with Crippen LogP contribution in [-0.2, 0) is 6.18 Å². The van der Waals surface area contributed by atoms with E-state index < -0.39 is 11.7 Å². The second-order valence-corrected chi connectivity index (χ2v) is 5.22. The van der Waals surface area contributed by atoms with E-state index in [0.29, 0.717) is 17.6 Å². The maximum Gasteiger partial charge on any atom is 0.416 e. The maximum absolute atomic E-state index is 12.7. The lowest BCUT2D eigenvalue weighted by Crippen LogP contribution is -2.17.